The van der Waals surface area contributed by atoms with Gasteiger partial charge in [0.2, 0.25) is 5.91 Å². The average molecular weight is 499 g/mol. The first-order valence-electron chi connectivity index (χ1n) is 9.51. The summed E-state index contributed by atoms with van der Waals surface area (Å²) in [6.07, 6.45) is -0.204. The van der Waals surface area contributed by atoms with Crippen molar-refractivity contribution in [3.63, 3.8) is 0 Å². The van der Waals surface area contributed by atoms with Gasteiger partial charge >= 0.3 is 5.97 Å². The lowest BCUT2D eigenvalue weighted by Gasteiger charge is -2.30. The maximum Gasteiger partial charge on any atom is 0.341 e. The van der Waals surface area contributed by atoms with Gasteiger partial charge in [0.05, 0.1) is 29.5 Å². The summed E-state index contributed by atoms with van der Waals surface area (Å²) in [4.78, 5) is 38.7. The molecule has 3 rings (SSSR count). The molecule has 1 aliphatic heterocycles. The van der Waals surface area contributed by atoms with E-state index in [-0.39, 0.29) is 17.4 Å². The van der Waals surface area contributed by atoms with E-state index in [1.165, 1.54) is 25.4 Å². The predicted octanol–water partition coefficient (Wildman–Crippen LogP) is 3.43. The van der Waals surface area contributed by atoms with Crippen molar-refractivity contribution in [2.45, 2.75) is 26.4 Å². The number of ether oxygens (including phenoxy) is 3. The van der Waals surface area contributed by atoms with Crippen LogP contribution in [-0.4, -0.2) is 62.2 Å². The third-order valence-electron chi connectivity index (χ3n) is 4.67. The minimum atomic E-state index is -0.683. The second-order valence-electron chi connectivity index (χ2n) is 6.68. The highest BCUT2D eigenvalue weighted by atomic mass is 79.9. The van der Waals surface area contributed by atoms with Gasteiger partial charge in [0.25, 0.3) is 5.91 Å². The van der Waals surface area contributed by atoms with Gasteiger partial charge in [0.1, 0.15) is 10.6 Å². The van der Waals surface area contributed by atoms with Crippen LogP contribution in [0.25, 0.3) is 10.1 Å². The Morgan fingerprint density at radius 2 is 2.00 bits per heavy atom. The molecule has 0 aliphatic carbocycles. The molecular weight excluding hydrogens is 476 g/mol. The van der Waals surface area contributed by atoms with Crippen LogP contribution >= 0.6 is 27.3 Å². The number of esters is 1. The van der Waals surface area contributed by atoms with Crippen LogP contribution in [0.5, 0.6) is 5.75 Å². The number of hydrogen-bond donors (Lipinski definition) is 1. The van der Waals surface area contributed by atoms with Crippen molar-refractivity contribution < 1.29 is 28.6 Å². The molecular formula is C20H23BrN2O6S. The van der Waals surface area contributed by atoms with Crippen LogP contribution in [0.4, 0.5) is 5.00 Å². The Hall–Kier alpha value is -2.17. The van der Waals surface area contributed by atoms with Gasteiger partial charge in [-0.25, -0.2) is 4.79 Å². The molecule has 1 aromatic heterocycles. The molecule has 0 saturated carbocycles. The topological polar surface area (TPSA) is 94.2 Å². The average Bonchev–Trinajstić information content (AvgIpc) is 3.10. The van der Waals surface area contributed by atoms with E-state index in [4.69, 9.17) is 14.2 Å². The fraction of sp³-hybridized carbons (Fsp3) is 0.450. The molecule has 1 atom stereocenters. The fourth-order valence-electron chi connectivity index (χ4n) is 3.21. The maximum atomic E-state index is 13.0. The highest BCUT2D eigenvalue weighted by Crippen LogP contribution is 2.45. The number of benzene rings is 1. The summed E-state index contributed by atoms with van der Waals surface area (Å²) in [7, 11) is 1.29. The van der Waals surface area contributed by atoms with E-state index >= 15 is 0 Å². The molecule has 2 amide bonds. The molecule has 10 heteroatoms. The molecule has 0 spiro atoms. The van der Waals surface area contributed by atoms with E-state index in [1.807, 2.05) is 6.92 Å². The van der Waals surface area contributed by atoms with Crippen LogP contribution in [0.1, 0.15) is 30.6 Å². The standard InChI is InChI=1S/C20H23BrN2O6S/c1-4-14(19(25)23-7-9-28-10-8-23)29-16-13(21)6-5-12-15(20(26)27-3)18(22-11(2)24)30-17(12)16/h5-6,14H,4,7-10H2,1-3H3,(H,22,24)/t14-/m1/s1. The van der Waals surface area contributed by atoms with Crippen LogP contribution in [0.3, 0.4) is 0 Å². The van der Waals surface area contributed by atoms with Crippen LogP contribution in [-0.2, 0) is 19.1 Å². The van der Waals surface area contributed by atoms with Crippen molar-refractivity contribution in [3.05, 3.63) is 22.2 Å². The number of halogens is 1. The van der Waals surface area contributed by atoms with Gasteiger partial charge < -0.3 is 24.4 Å². The normalized spacial score (nSPS) is 15.0. The Bertz CT molecular complexity index is 970. The van der Waals surface area contributed by atoms with Crippen LogP contribution < -0.4 is 10.1 Å². The van der Waals surface area contributed by atoms with Gasteiger partial charge in [-0.1, -0.05) is 13.0 Å². The minimum Gasteiger partial charge on any atom is -0.478 e. The van der Waals surface area contributed by atoms with Crippen molar-refractivity contribution >= 4 is 60.1 Å². The molecule has 1 fully saturated rings. The van der Waals surface area contributed by atoms with E-state index in [9.17, 15) is 14.4 Å². The van der Waals surface area contributed by atoms with Crippen molar-refractivity contribution in [1.82, 2.24) is 4.90 Å². The molecule has 0 radical (unpaired) electrons. The largest absolute Gasteiger partial charge is 0.478 e. The third kappa shape index (κ3) is 4.60. The summed E-state index contributed by atoms with van der Waals surface area (Å²) in [5.74, 6) is -0.513. The van der Waals surface area contributed by atoms with Crippen molar-refractivity contribution in [1.29, 1.82) is 0 Å². The smallest absolute Gasteiger partial charge is 0.341 e. The van der Waals surface area contributed by atoms with E-state index in [0.717, 1.165) is 0 Å². The Kier molecular flexibility index (Phi) is 7.32. The number of morpholine rings is 1. The molecule has 1 aromatic carbocycles. The molecule has 1 N–H and O–H groups in total. The summed E-state index contributed by atoms with van der Waals surface area (Å²) in [5.41, 5.74) is 0.262. The number of fused-ring (bicyclic) bond motifs is 1. The summed E-state index contributed by atoms with van der Waals surface area (Å²) >= 11 is 4.70. The van der Waals surface area contributed by atoms with E-state index in [1.54, 1.807) is 17.0 Å². The minimum absolute atomic E-state index is 0.100. The van der Waals surface area contributed by atoms with Gasteiger partial charge in [-0.3, -0.25) is 9.59 Å². The number of anilines is 1. The lowest BCUT2D eigenvalue weighted by molar-refractivity contribution is -0.142. The molecule has 2 heterocycles. The van der Waals surface area contributed by atoms with Crippen molar-refractivity contribution in [3.8, 4) is 5.75 Å². The second-order valence-corrected chi connectivity index (χ2v) is 8.56. The van der Waals surface area contributed by atoms with Gasteiger partial charge in [-0.15, -0.1) is 11.3 Å². The number of nitrogens with zero attached hydrogens (tertiary/aromatic N) is 1. The summed E-state index contributed by atoms with van der Waals surface area (Å²) in [6.45, 7) is 5.33. The lowest BCUT2D eigenvalue weighted by Crippen LogP contribution is -2.47. The molecule has 1 aliphatic rings. The Morgan fingerprint density at radius 1 is 1.30 bits per heavy atom. The number of carbonyl (C=O) groups is 3. The molecule has 162 valence electrons. The lowest BCUT2D eigenvalue weighted by atomic mass is 10.1. The molecule has 1 saturated heterocycles. The third-order valence-corrected chi connectivity index (χ3v) is 6.42. The zero-order valence-corrected chi connectivity index (χ0v) is 19.4. The van der Waals surface area contributed by atoms with E-state index in [2.05, 4.69) is 21.2 Å². The number of hydrogen-bond acceptors (Lipinski definition) is 7. The fourth-order valence-corrected chi connectivity index (χ4v) is 4.99. The Morgan fingerprint density at radius 3 is 2.60 bits per heavy atom. The number of carbonyl (C=O) groups excluding carboxylic acids is 3. The van der Waals surface area contributed by atoms with Gasteiger partial charge in [-0.2, -0.15) is 0 Å². The number of rotatable bonds is 6. The van der Waals surface area contributed by atoms with Crippen LogP contribution in [0, 0.1) is 0 Å². The first kappa shape index (κ1) is 22.5. The Labute approximate surface area is 186 Å². The second kappa shape index (κ2) is 9.76. The monoisotopic (exact) mass is 498 g/mol. The predicted molar refractivity (Wildman–Crippen MR) is 117 cm³/mol. The molecule has 8 nitrogen and oxygen atoms in total. The number of methoxy groups -OCH3 is 1. The molecule has 0 bridgehead atoms. The van der Waals surface area contributed by atoms with E-state index < -0.39 is 12.1 Å². The summed E-state index contributed by atoms with van der Waals surface area (Å²) in [6, 6.07) is 3.51. The van der Waals surface area contributed by atoms with E-state index in [0.29, 0.717) is 58.0 Å². The maximum absolute atomic E-state index is 13.0. The molecule has 2 aromatic rings. The number of amides is 2. The quantitative estimate of drug-likeness (QED) is 0.613. The highest BCUT2D eigenvalue weighted by Gasteiger charge is 2.29. The molecule has 0 unspecified atom stereocenters. The van der Waals surface area contributed by atoms with Gasteiger partial charge in [0.15, 0.2) is 11.9 Å². The first-order chi connectivity index (χ1) is 14.4. The summed E-state index contributed by atoms with van der Waals surface area (Å²) < 4.78 is 17.7. The zero-order valence-electron chi connectivity index (χ0n) is 17.0. The summed E-state index contributed by atoms with van der Waals surface area (Å²) in [5, 5.41) is 3.65. The number of thiophene rings is 1. The SMILES string of the molecule is CC[C@@H](Oc1c(Br)ccc2c(C(=O)OC)c(NC(C)=O)sc12)C(=O)N1CCOCC1. The van der Waals surface area contributed by atoms with Crippen molar-refractivity contribution in [2.75, 3.05) is 38.7 Å². The number of nitrogens with one attached hydrogen (secondary N) is 1. The van der Waals surface area contributed by atoms with Crippen molar-refractivity contribution in [2.24, 2.45) is 0 Å². The Balaban J connectivity index is 2.02. The van der Waals surface area contributed by atoms with Crippen LogP contribution in [0.15, 0.2) is 16.6 Å². The van der Waals surface area contributed by atoms with Gasteiger partial charge in [0, 0.05) is 25.4 Å². The first-order valence-corrected chi connectivity index (χ1v) is 11.1. The molecule has 30 heavy (non-hydrogen) atoms. The zero-order chi connectivity index (χ0) is 21.8. The van der Waals surface area contributed by atoms with Crippen LogP contribution in [0.2, 0.25) is 0 Å². The highest BCUT2D eigenvalue weighted by molar-refractivity contribution is 9.10. The van der Waals surface area contributed by atoms with Gasteiger partial charge in [-0.05, 0) is 28.4 Å².